The Morgan fingerprint density at radius 2 is 2.43 bits per heavy atom. The van der Waals surface area contributed by atoms with Crippen LogP contribution in [0.15, 0.2) is 22.3 Å². The number of hydrogen-bond donors (Lipinski definition) is 1. The van der Waals surface area contributed by atoms with E-state index in [0.717, 1.165) is 13.0 Å². The average molecular weight is 191 g/mol. The molecule has 2 aliphatic heterocycles. The Hall–Kier alpha value is -1.78. The predicted molar refractivity (Wildman–Crippen MR) is 51.6 cm³/mol. The van der Waals surface area contributed by atoms with Crippen molar-refractivity contribution >= 4 is 23.7 Å². The lowest BCUT2D eigenvalue weighted by atomic mass is 9.95. The highest BCUT2D eigenvalue weighted by atomic mass is 16.2. The topological polar surface area (TPSA) is 70.9 Å². The molecular formula is C9H9N3O2. The smallest absolute Gasteiger partial charge is 0.367 e. The van der Waals surface area contributed by atoms with Gasteiger partial charge in [0.2, 0.25) is 0 Å². The van der Waals surface area contributed by atoms with Gasteiger partial charge in [0, 0.05) is 12.5 Å². The van der Waals surface area contributed by atoms with Crippen LogP contribution in [-0.4, -0.2) is 30.3 Å². The zero-order valence-corrected chi connectivity index (χ0v) is 7.43. The molecule has 0 saturated carbocycles. The maximum absolute atomic E-state index is 11.7. The molecule has 14 heavy (non-hydrogen) atoms. The van der Waals surface area contributed by atoms with Gasteiger partial charge in [0.05, 0.1) is 6.21 Å². The first-order valence-corrected chi connectivity index (χ1v) is 4.38. The summed E-state index contributed by atoms with van der Waals surface area (Å²) in [4.78, 5) is 29.3. The first-order chi connectivity index (χ1) is 6.77. The van der Waals surface area contributed by atoms with Gasteiger partial charge in [-0.15, -0.1) is 0 Å². The fourth-order valence-corrected chi connectivity index (χ4v) is 1.41. The molecule has 0 radical (unpaired) electrons. The summed E-state index contributed by atoms with van der Waals surface area (Å²) in [5, 5.41) is 3.00. The van der Waals surface area contributed by atoms with Gasteiger partial charge in [0.15, 0.2) is 5.78 Å². The predicted octanol–water partition coefficient (Wildman–Crippen LogP) is 0.324. The van der Waals surface area contributed by atoms with Crippen LogP contribution in [0.5, 0.6) is 0 Å². The zero-order valence-electron chi connectivity index (χ0n) is 7.43. The van der Waals surface area contributed by atoms with Crippen LogP contribution in [0.2, 0.25) is 0 Å². The molecule has 1 unspecified atom stereocenters. The third kappa shape index (κ3) is 1.61. The first kappa shape index (κ1) is 8.80. The quantitative estimate of drug-likeness (QED) is 0.683. The van der Waals surface area contributed by atoms with E-state index in [1.807, 2.05) is 0 Å². The summed E-state index contributed by atoms with van der Waals surface area (Å²) in [6.07, 6.45) is 5.50. The van der Waals surface area contributed by atoms with Crippen LogP contribution in [0.1, 0.15) is 6.42 Å². The van der Waals surface area contributed by atoms with E-state index < -0.39 is 6.03 Å². The minimum absolute atomic E-state index is 0.127. The zero-order chi connectivity index (χ0) is 9.97. The molecule has 1 atom stereocenters. The van der Waals surface area contributed by atoms with E-state index in [2.05, 4.69) is 15.3 Å². The number of Topliss-reactive ketones (excluding diaryl/α,β-unsaturated/α-hetero) is 1. The first-order valence-electron chi connectivity index (χ1n) is 4.38. The Morgan fingerprint density at radius 3 is 3.00 bits per heavy atom. The van der Waals surface area contributed by atoms with Gasteiger partial charge < -0.3 is 5.32 Å². The molecule has 0 aromatic heterocycles. The number of hydrogen-bond acceptors (Lipinski definition) is 3. The van der Waals surface area contributed by atoms with Crippen molar-refractivity contribution in [2.24, 2.45) is 15.9 Å². The minimum atomic E-state index is -0.591. The molecule has 0 aliphatic carbocycles. The van der Waals surface area contributed by atoms with Crippen LogP contribution in [0.25, 0.3) is 0 Å². The largest absolute Gasteiger partial charge is 0.391 e. The molecule has 0 spiro atoms. The van der Waals surface area contributed by atoms with Crippen molar-refractivity contribution in [3.05, 3.63) is 12.3 Å². The molecule has 0 aromatic carbocycles. The van der Waals surface area contributed by atoms with Gasteiger partial charge in [0.25, 0.3) is 0 Å². The number of nitrogens with zero attached hydrogens (tertiary/aromatic N) is 2. The Morgan fingerprint density at radius 1 is 1.57 bits per heavy atom. The average Bonchev–Trinajstić information content (AvgIpc) is 2.65. The van der Waals surface area contributed by atoms with Crippen molar-refractivity contribution in [1.82, 2.24) is 5.32 Å². The molecule has 0 saturated heterocycles. The SMILES string of the molecule is O=C1N=CC(C(=O)C2C=CNCC2)=N1. The number of carbonyl (C=O) groups is 2. The van der Waals surface area contributed by atoms with Gasteiger partial charge in [-0.3, -0.25) is 4.79 Å². The van der Waals surface area contributed by atoms with Gasteiger partial charge >= 0.3 is 6.03 Å². The summed E-state index contributed by atoms with van der Waals surface area (Å²) in [5.41, 5.74) is 0.173. The molecule has 0 fully saturated rings. The Balaban J connectivity index is 2.12. The van der Waals surface area contributed by atoms with Gasteiger partial charge in [-0.05, 0) is 12.6 Å². The summed E-state index contributed by atoms with van der Waals surface area (Å²) in [6.45, 7) is 0.769. The summed E-state index contributed by atoms with van der Waals surface area (Å²) in [5.74, 6) is -0.301. The second-order valence-corrected chi connectivity index (χ2v) is 3.11. The number of ketones is 1. The molecule has 2 rings (SSSR count). The number of nitrogens with one attached hydrogen (secondary N) is 1. The van der Waals surface area contributed by atoms with Crippen molar-refractivity contribution < 1.29 is 9.59 Å². The second-order valence-electron chi connectivity index (χ2n) is 3.11. The Bertz CT molecular complexity index is 368. The van der Waals surface area contributed by atoms with Crippen molar-refractivity contribution in [2.75, 3.05) is 6.54 Å². The van der Waals surface area contributed by atoms with Crippen molar-refractivity contribution in [3.63, 3.8) is 0 Å². The number of allylic oxidation sites excluding steroid dienone is 1. The maximum Gasteiger partial charge on any atom is 0.367 e. The fourth-order valence-electron chi connectivity index (χ4n) is 1.41. The highest BCUT2D eigenvalue weighted by Gasteiger charge is 2.24. The van der Waals surface area contributed by atoms with Crippen LogP contribution >= 0.6 is 0 Å². The number of urea groups is 1. The lowest BCUT2D eigenvalue weighted by Crippen LogP contribution is -2.28. The Kier molecular flexibility index (Phi) is 2.22. The van der Waals surface area contributed by atoms with Gasteiger partial charge in [-0.2, -0.15) is 9.98 Å². The van der Waals surface area contributed by atoms with Crippen molar-refractivity contribution in [1.29, 1.82) is 0 Å². The molecule has 1 N–H and O–H groups in total. The normalized spacial score (nSPS) is 24.7. The second kappa shape index (κ2) is 3.53. The number of amides is 2. The van der Waals surface area contributed by atoms with Crippen LogP contribution in [-0.2, 0) is 4.79 Å². The molecule has 2 amide bonds. The van der Waals surface area contributed by atoms with Crippen LogP contribution < -0.4 is 5.32 Å². The molecule has 0 bridgehead atoms. The molecule has 5 nitrogen and oxygen atoms in total. The van der Waals surface area contributed by atoms with E-state index in [1.54, 1.807) is 12.3 Å². The van der Waals surface area contributed by atoms with E-state index >= 15 is 0 Å². The van der Waals surface area contributed by atoms with Crippen LogP contribution in [0, 0.1) is 5.92 Å². The van der Waals surface area contributed by atoms with Crippen LogP contribution in [0.3, 0.4) is 0 Å². The summed E-state index contributed by atoms with van der Waals surface area (Å²) >= 11 is 0. The number of rotatable bonds is 2. The fraction of sp³-hybridized carbons (Fsp3) is 0.333. The number of aliphatic imine (C=N–C) groups is 2. The molecule has 2 heterocycles. The van der Waals surface area contributed by atoms with E-state index in [1.165, 1.54) is 6.21 Å². The van der Waals surface area contributed by atoms with Crippen molar-refractivity contribution in [3.8, 4) is 0 Å². The Labute approximate surface area is 80.6 Å². The van der Waals surface area contributed by atoms with E-state index in [9.17, 15) is 9.59 Å². The molecule has 5 heteroatoms. The summed E-state index contributed by atoms with van der Waals surface area (Å²) in [6, 6.07) is -0.591. The lowest BCUT2D eigenvalue weighted by Gasteiger charge is -2.14. The van der Waals surface area contributed by atoms with E-state index in [0.29, 0.717) is 0 Å². The highest BCUT2D eigenvalue weighted by Crippen LogP contribution is 2.11. The van der Waals surface area contributed by atoms with Gasteiger partial charge in [0.1, 0.15) is 5.71 Å². The summed E-state index contributed by atoms with van der Waals surface area (Å²) < 4.78 is 0. The van der Waals surface area contributed by atoms with E-state index in [4.69, 9.17) is 0 Å². The number of carbonyl (C=O) groups excluding carboxylic acids is 2. The maximum atomic E-state index is 11.7. The van der Waals surface area contributed by atoms with E-state index in [-0.39, 0.29) is 17.4 Å². The van der Waals surface area contributed by atoms with Crippen LogP contribution in [0.4, 0.5) is 4.79 Å². The highest BCUT2D eigenvalue weighted by molar-refractivity contribution is 6.64. The third-order valence-corrected chi connectivity index (χ3v) is 2.15. The minimum Gasteiger partial charge on any atom is -0.391 e. The standard InChI is InChI=1S/C9H9N3O2/c13-8(6-1-3-10-4-2-6)7-5-11-9(14)12-7/h1,3,5-6,10H,2,4H2. The molecule has 2 aliphatic rings. The van der Waals surface area contributed by atoms with Gasteiger partial charge in [-0.25, -0.2) is 4.79 Å². The van der Waals surface area contributed by atoms with Gasteiger partial charge in [-0.1, -0.05) is 6.08 Å². The monoisotopic (exact) mass is 191 g/mol. The third-order valence-electron chi connectivity index (χ3n) is 2.15. The molecular weight excluding hydrogens is 182 g/mol. The summed E-state index contributed by atoms with van der Waals surface area (Å²) in [7, 11) is 0. The lowest BCUT2D eigenvalue weighted by molar-refractivity contribution is -0.115. The van der Waals surface area contributed by atoms with Crippen molar-refractivity contribution in [2.45, 2.75) is 6.42 Å². The molecule has 0 aromatic rings. The molecule has 72 valence electrons.